The monoisotopic (exact) mass is 754 g/mol. The summed E-state index contributed by atoms with van der Waals surface area (Å²) in [6, 6.07) is 30.8. The van der Waals surface area contributed by atoms with E-state index in [9.17, 15) is 19.2 Å². The van der Waals surface area contributed by atoms with E-state index < -0.39 is 0 Å². The van der Waals surface area contributed by atoms with E-state index in [0.717, 1.165) is 52.4 Å². The molecule has 8 heteroatoms. The number of halogens is 2. The zero-order valence-corrected chi connectivity index (χ0v) is 28.5. The zero-order valence-electron chi connectivity index (χ0n) is 25.3. The summed E-state index contributed by atoms with van der Waals surface area (Å²) in [6.07, 6.45) is 1.11. The molecule has 0 fully saturated rings. The van der Waals surface area contributed by atoms with Crippen molar-refractivity contribution in [2.75, 3.05) is 13.1 Å². The fourth-order valence-corrected chi connectivity index (χ4v) is 8.09. The molecule has 0 radical (unpaired) electrons. The van der Waals surface area contributed by atoms with Crippen molar-refractivity contribution in [1.29, 1.82) is 0 Å². The van der Waals surface area contributed by atoms with E-state index in [0.29, 0.717) is 45.9 Å². The van der Waals surface area contributed by atoms with Gasteiger partial charge in [-0.25, -0.2) is 0 Å². The van der Waals surface area contributed by atoms with Crippen LogP contribution in [0.3, 0.4) is 0 Å². The lowest BCUT2D eigenvalue weighted by molar-refractivity contribution is 0.0597. The van der Waals surface area contributed by atoms with Gasteiger partial charge in [0.05, 0.1) is 0 Å². The summed E-state index contributed by atoms with van der Waals surface area (Å²) >= 11 is 6.91. The molecule has 0 aromatic heterocycles. The molecule has 2 aliphatic heterocycles. The topological polar surface area (TPSA) is 74.8 Å². The number of hydrogen-bond donors (Lipinski definition) is 0. The van der Waals surface area contributed by atoms with E-state index in [-0.39, 0.29) is 36.7 Å². The van der Waals surface area contributed by atoms with Crippen LogP contribution in [0.5, 0.6) is 0 Å². The SMILES string of the molecule is O=C1c2ccc3c4ccc5c6c(ccc(c7ccc(c2c37)C(=O)N1CCc1ccc(Br)cc1)c64)C(=O)N(CCc1ccc(Br)cc1)C5=O. The van der Waals surface area contributed by atoms with E-state index in [1.54, 1.807) is 0 Å². The Morgan fingerprint density at radius 2 is 0.667 bits per heavy atom. The molecular weight excluding hydrogens is 732 g/mol. The Bertz CT molecular complexity index is 2260. The lowest BCUT2D eigenvalue weighted by Gasteiger charge is -2.30. The van der Waals surface area contributed by atoms with Crippen molar-refractivity contribution in [3.63, 3.8) is 0 Å². The number of fused-ring (bicyclic) bond motifs is 2. The van der Waals surface area contributed by atoms with Crippen molar-refractivity contribution < 1.29 is 19.2 Å². The third kappa shape index (κ3) is 4.22. The van der Waals surface area contributed by atoms with Crippen molar-refractivity contribution in [3.8, 4) is 0 Å². The number of imide groups is 2. The highest BCUT2D eigenvalue weighted by Crippen LogP contribution is 2.46. The second-order valence-corrected chi connectivity index (χ2v) is 14.3. The van der Waals surface area contributed by atoms with Gasteiger partial charge in [0.2, 0.25) is 0 Å². The van der Waals surface area contributed by atoms with Crippen LogP contribution in [0.2, 0.25) is 0 Å². The number of benzene rings is 7. The third-order valence-corrected chi connectivity index (χ3v) is 10.9. The molecule has 0 aliphatic carbocycles. The zero-order chi connectivity index (χ0) is 32.8. The minimum atomic E-state index is -0.302. The number of nitrogens with zero attached hydrogens (tertiary/aromatic N) is 2. The lowest BCUT2D eigenvalue weighted by atomic mass is 9.82. The highest BCUT2D eigenvalue weighted by atomic mass is 79.9. The lowest BCUT2D eigenvalue weighted by Crippen LogP contribution is -2.41. The number of rotatable bonds is 6. The molecule has 7 aromatic rings. The molecule has 2 aliphatic rings. The van der Waals surface area contributed by atoms with E-state index in [1.807, 2.05) is 97.1 Å². The fraction of sp³-hybridized carbons (Fsp3) is 0.100. The number of carbonyl (C=O) groups excluding carboxylic acids is 4. The predicted octanol–water partition coefficient (Wildman–Crippen LogP) is 8.94. The van der Waals surface area contributed by atoms with Crippen molar-refractivity contribution in [1.82, 2.24) is 9.80 Å². The van der Waals surface area contributed by atoms with Crippen LogP contribution < -0.4 is 0 Å². The van der Waals surface area contributed by atoms with Gasteiger partial charge in [-0.1, -0.05) is 80.4 Å². The molecule has 0 atom stereocenters. The van der Waals surface area contributed by atoms with Gasteiger partial charge in [0.15, 0.2) is 0 Å². The minimum Gasteiger partial charge on any atom is -0.274 e. The minimum absolute atomic E-state index is 0.277. The van der Waals surface area contributed by atoms with Crippen LogP contribution in [0.4, 0.5) is 0 Å². The maximum Gasteiger partial charge on any atom is 0.261 e. The molecule has 48 heavy (non-hydrogen) atoms. The number of hydrogen-bond acceptors (Lipinski definition) is 4. The summed E-state index contributed by atoms with van der Waals surface area (Å²) in [5, 5.41) is 6.52. The van der Waals surface area contributed by atoms with Crippen LogP contribution in [-0.2, 0) is 12.8 Å². The first-order valence-electron chi connectivity index (χ1n) is 15.7. The molecule has 0 N–H and O–H groups in total. The quantitative estimate of drug-likeness (QED) is 0.0966. The smallest absolute Gasteiger partial charge is 0.261 e. The van der Waals surface area contributed by atoms with Crippen LogP contribution in [-0.4, -0.2) is 46.5 Å². The molecule has 0 bridgehead atoms. The Labute approximate surface area is 291 Å². The van der Waals surface area contributed by atoms with Crippen LogP contribution in [0, 0.1) is 0 Å². The average Bonchev–Trinajstić information content (AvgIpc) is 3.10. The molecule has 4 amide bonds. The van der Waals surface area contributed by atoms with Gasteiger partial charge in [-0.3, -0.25) is 29.0 Å². The molecule has 0 saturated carbocycles. The molecule has 2 heterocycles. The Kier molecular flexibility index (Phi) is 6.58. The van der Waals surface area contributed by atoms with Crippen molar-refractivity contribution in [3.05, 3.63) is 139 Å². The molecule has 6 nitrogen and oxygen atoms in total. The molecule has 7 aromatic carbocycles. The molecule has 0 unspecified atom stereocenters. The van der Waals surface area contributed by atoms with Gasteiger partial charge >= 0.3 is 0 Å². The van der Waals surface area contributed by atoms with Crippen LogP contribution in [0.15, 0.2) is 106 Å². The molecule has 0 saturated heterocycles. The van der Waals surface area contributed by atoms with Crippen LogP contribution in [0.1, 0.15) is 52.6 Å². The predicted molar refractivity (Wildman–Crippen MR) is 194 cm³/mol. The Morgan fingerprint density at radius 3 is 0.958 bits per heavy atom. The van der Waals surface area contributed by atoms with Crippen molar-refractivity contribution in [2.45, 2.75) is 12.8 Å². The number of amides is 4. The molecule has 232 valence electrons. The van der Waals surface area contributed by atoms with E-state index >= 15 is 0 Å². The van der Waals surface area contributed by atoms with Gasteiger partial charge in [0.25, 0.3) is 23.6 Å². The average molecular weight is 756 g/mol. The maximum atomic E-state index is 13.9. The van der Waals surface area contributed by atoms with Crippen LogP contribution >= 0.6 is 31.9 Å². The standard InChI is InChI=1S/C40H24Br2N2O4/c41-23-5-1-21(2-6-23)17-19-43-37(45)29-13-9-25-27-11-15-31-36-32(40(48)44(39(31)47)20-18-22-3-7-24(42)8-4-22)16-12-28(34(27)36)26-10-14-30(38(43)46)35(29)33(25)26/h1-16H,17-20H2. The Morgan fingerprint density at radius 1 is 0.375 bits per heavy atom. The normalized spacial score (nSPS) is 14.5. The second-order valence-electron chi connectivity index (χ2n) is 12.4. The summed E-state index contributed by atoms with van der Waals surface area (Å²) < 4.78 is 1.94. The summed E-state index contributed by atoms with van der Waals surface area (Å²) in [6.45, 7) is 0.555. The van der Waals surface area contributed by atoms with Crippen molar-refractivity contribution >= 4 is 98.6 Å². The first kappa shape index (κ1) is 29.2. The van der Waals surface area contributed by atoms with E-state index in [2.05, 4.69) is 31.9 Å². The first-order chi connectivity index (χ1) is 23.3. The highest BCUT2D eigenvalue weighted by molar-refractivity contribution is 9.10. The molecule has 9 rings (SSSR count). The first-order valence-corrected chi connectivity index (χ1v) is 17.3. The fourth-order valence-electron chi connectivity index (χ4n) is 7.56. The maximum absolute atomic E-state index is 13.9. The third-order valence-electron chi connectivity index (χ3n) is 9.88. The van der Waals surface area contributed by atoms with Gasteiger partial charge < -0.3 is 0 Å². The largest absolute Gasteiger partial charge is 0.274 e. The van der Waals surface area contributed by atoms with Gasteiger partial charge in [-0.05, 0) is 105 Å². The van der Waals surface area contributed by atoms with Gasteiger partial charge in [0.1, 0.15) is 0 Å². The van der Waals surface area contributed by atoms with Gasteiger partial charge in [-0.2, -0.15) is 0 Å². The second kappa shape index (κ2) is 10.8. The summed E-state index contributed by atoms with van der Waals surface area (Å²) in [4.78, 5) is 58.2. The summed E-state index contributed by atoms with van der Waals surface area (Å²) in [5.41, 5.74) is 4.08. The van der Waals surface area contributed by atoms with Crippen LogP contribution in [0.25, 0.3) is 43.1 Å². The molecule has 0 spiro atoms. The van der Waals surface area contributed by atoms with E-state index in [4.69, 9.17) is 0 Å². The summed E-state index contributed by atoms with van der Waals surface area (Å²) in [7, 11) is 0. The van der Waals surface area contributed by atoms with E-state index in [1.165, 1.54) is 9.80 Å². The number of carbonyl (C=O) groups is 4. The van der Waals surface area contributed by atoms with Gasteiger partial charge in [-0.15, -0.1) is 0 Å². The highest BCUT2D eigenvalue weighted by Gasteiger charge is 2.36. The summed E-state index contributed by atoms with van der Waals surface area (Å²) in [5.74, 6) is -1.21. The Balaban J connectivity index is 1.15. The molecular formula is C40H24Br2N2O4. The van der Waals surface area contributed by atoms with Gasteiger partial charge in [0, 0.05) is 55.1 Å². The van der Waals surface area contributed by atoms with Crippen molar-refractivity contribution in [2.24, 2.45) is 0 Å². The Hall–Kier alpha value is -4.92.